The van der Waals surface area contributed by atoms with Gasteiger partial charge in [0.2, 0.25) is 5.91 Å². The number of phenolic OH excluding ortho intramolecular Hbond substituents is 1. The van der Waals surface area contributed by atoms with Gasteiger partial charge in [-0.05, 0) is 54.5 Å². The molecular formula is C17H15N3O3S. The molecule has 0 saturated heterocycles. The number of rotatable bonds is 4. The second-order valence-electron chi connectivity index (χ2n) is 5.44. The predicted molar refractivity (Wildman–Crippen MR) is 93.2 cm³/mol. The second-order valence-corrected chi connectivity index (χ2v) is 6.46. The van der Waals surface area contributed by atoms with Gasteiger partial charge in [-0.2, -0.15) is 0 Å². The highest BCUT2D eigenvalue weighted by Crippen LogP contribution is 2.44. The van der Waals surface area contributed by atoms with E-state index in [1.807, 2.05) is 0 Å². The summed E-state index contributed by atoms with van der Waals surface area (Å²) in [5, 5.41) is 9.45. The van der Waals surface area contributed by atoms with Gasteiger partial charge in [0.15, 0.2) is 5.54 Å². The van der Waals surface area contributed by atoms with E-state index >= 15 is 0 Å². The summed E-state index contributed by atoms with van der Waals surface area (Å²) in [6, 6.07) is 6.56. The molecule has 1 aliphatic heterocycles. The lowest BCUT2D eigenvalue weighted by atomic mass is 9.92. The lowest BCUT2D eigenvalue weighted by Crippen LogP contribution is -2.37. The van der Waals surface area contributed by atoms with Crippen LogP contribution in [0.1, 0.15) is 20.8 Å². The zero-order valence-electron chi connectivity index (χ0n) is 12.8. The van der Waals surface area contributed by atoms with Crippen molar-refractivity contribution in [2.75, 3.05) is 0 Å². The van der Waals surface area contributed by atoms with E-state index in [2.05, 4.69) is 4.99 Å². The van der Waals surface area contributed by atoms with Gasteiger partial charge in [-0.1, -0.05) is 0 Å². The van der Waals surface area contributed by atoms with Crippen molar-refractivity contribution in [2.24, 2.45) is 16.5 Å². The molecule has 2 aromatic rings. The molecule has 7 heteroatoms. The standard InChI is InChI=1S/C17H15N3O3S/c1-9-12(15(18)22)14(17(16(19)23)7-2-8-20-17)24-13(9)10-3-5-11(21)6-4-10/h2-8,21H,1H3,(H2,18,22)(H2,19,23). The normalized spacial score (nSPS) is 18.9. The van der Waals surface area contributed by atoms with E-state index in [1.54, 1.807) is 43.3 Å². The maximum absolute atomic E-state index is 12.1. The fourth-order valence-electron chi connectivity index (χ4n) is 2.74. The van der Waals surface area contributed by atoms with Gasteiger partial charge in [-0.25, -0.2) is 0 Å². The number of nitrogens with zero attached hydrogens (tertiary/aromatic N) is 1. The van der Waals surface area contributed by atoms with Crippen LogP contribution in [-0.4, -0.2) is 23.1 Å². The molecule has 2 amide bonds. The first-order valence-corrected chi connectivity index (χ1v) is 7.94. The quantitative estimate of drug-likeness (QED) is 0.787. The Morgan fingerprint density at radius 2 is 1.88 bits per heavy atom. The molecular weight excluding hydrogens is 326 g/mol. The average molecular weight is 341 g/mol. The molecule has 1 atom stereocenters. The number of phenols is 1. The van der Waals surface area contributed by atoms with Crippen molar-refractivity contribution in [1.82, 2.24) is 0 Å². The number of nitrogens with two attached hydrogens (primary N) is 2. The minimum absolute atomic E-state index is 0.139. The molecule has 0 bridgehead atoms. The van der Waals surface area contributed by atoms with E-state index < -0.39 is 17.4 Å². The van der Waals surface area contributed by atoms with Crippen LogP contribution in [0.25, 0.3) is 10.4 Å². The number of hydrogen-bond acceptors (Lipinski definition) is 5. The molecule has 0 aliphatic carbocycles. The van der Waals surface area contributed by atoms with Gasteiger partial charge in [-0.15, -0.1) is 11.3 Å². The molecule has 0 saturated carbocycles. The number of carbonyl (C=O) groups excluding carboxylic acids is 2. The first kappa shape index (κ1) is 15.9. The number of benzene rings is 1. The molecule has 24 heavy (non-hydrogen) atoms. The Morgan fingerprint density at radius 1 is 1.21 bits per heavy atom. The maximum atomic E-state index is 12.1. The summed E-state index contributed by atoms with van der Waals surface area (Å²) >= 11 is 1.25. The molecule has 5 N–H and O–H groups in total. The van der Waals surface area contributed by atoms with Gasteiger partial charge in [0, 0.05) is 11.1 Å². The largest absolute Gasteiger partial charge is 0.508 e. The van der Waals surface area contributed by atoms with Crippen LogP contribution in [-0.2, 0) is 10.3 Å². The Morgan fingerprint density at radius 3 is 2.38 bits per heavy atom. The highest BCUT2D eigenvalue weighted by Gasteiger charge is 2.42. The predicted octanol–water partition coefficient (Wildman–Crippen LogP) is 1.85. The van der Waals surface area contributed by atoms with Crippen molar-refractivity contribution in [2.45, 2.75) is 12.5 Å². The topological polar surface area (TPSA) is 119 Å². The number of aliphatic imine (C=N–C) groups is 1. The maximum Gasteiger partial charge on any atom is 0.254 e. The Balaban J connectivity index is 2.28. The van der Waals surface area contributed by atoms with E-state index in [-0.39, 0.29) is 11.3 Å². The number of primary amides is 2. The minimum Gasteiger partial charge on any atom is -0.508 e. The summed E-state index contributed by atoms with van der Waals surface area (Å²) in [4.78, 5) is 29.5. The summed E-state index contributed by atoms with van der Waals surface area (Å²) in [5.41, 5.74) is 11.4. The van der Waals surface area contributed by atoms with Gasteiger partial charge in [0.05, 0.1) is 10.4 Å². The number of hydrogen-bond donors (Lipinski definition) is 3. The van der Waals surface area contributed by atoms with Crippen molar-refractivity contribution in [3.05, 3.63) is 52.4 Å². The number of carbonyl (C=O) groups is 2. The van der Waals surface area contributed by atoms with Crippen LogP contribution < -0.4 is 11.5 Å². The number of allylic oxidation sites excluding steroid dienone is 1. The molecule has 1 unspecified atom stereocenters. The Labute approximate surface area is 142 Å². The van der Waals surface area contributed by atoms with Crippen LogP contribution in [0.5, 0.6) is 5.75 Å². The average Bonchev–Trinajstić information content (AvgIpc) is 3.13. The van der Waals surface area contributed by atoms with E-state index in [0.29, 0.717) is 10.4 Å². The SMILES string of the molecule is Cc1c(-c2ccc(O)cc2)sc(C2(C(N)=O)C=CC=N2)c1C(N)=O. The van der Waals surface area contributed by atoms with E-state index in [4.69, 9.17) is 11.5 Å². The molecule has 3 rings (SSSR count). The van der Waals surface area contributed by atoms with Crippen molar-refractivity contribution < 1.29 is 14.7 Å². The first-order valence-electron chi connectivity index (χ1n) is 7.13. The summed E-state index contributed by atoms with van der Waals surface area (Å²) < 4.78 is 0. The van der Waals surface area contributed by atoms with Crippen LogP contribution in [0, 0.1) is 6.92 Å². The third-order valence-electron chi connectivity index (χ3n) is 3.95. The number of aromatic hydroxyl groups is 1. The van der Waals surface area contributed by atoms with Gasteiger partial charge in [0.1, 0.15) is 5.75 Å². The highest BCUT2D eigenvalue weighted by molar-refractivity contribution is 7.16. The fourth-order valence-corrected chi connectivity index (χ4v) is 4.19. The molecule has 0 radical (unpaired) electrons. The first-order chi connectivity index (χ1) is 11.4. The minimum atomic E-state index is -1.41. The van der Waals surface area contributed by atoms with Crippen molar-refractivity contribution in [3.8, 4) is 16.2 Å². The Kier molecular flexibility index (Phi) is 3.73. The van der Waals surface area contributed by atoms with Crippen molar-refractivity contribution in [1.29, 1.82) is 0 Å². The highest BCUT2D eigenvalue weighted by atomic mass is 32.1. The van der Waals surface area contributed by atoms with Crippen LogP contribution in [0.4, 0.5) is 0 Å². The number of amides is 2. The van der Waals surface area contributed by atoms with Crippen LogP contribution >= 0.6 is 11.3 Å². The van der Waals surface area contributed by atoms with Gasteiger partial charge in [0.25, 0.3) is 5.91 Å². The van der Waals surface area contributed by atoms with E-state index in [9.17, 15) is 14.7 Å². The van der Waals surface area contributed by atoms with E-state index in [1.165, 1.54) is 17.6 Å². The second kappa shape index (κ2) is 5.61. The summed E-state index contributed by atoms with van der Waals surface area (Å²) in [6.45, 7) is 1.76. The molecule has 2 heterocycles. The third-order valence-corrected chi connectivity index (χ3v) is 5.41. The molecule has 1 aliphatic rings. The van der Waals surface area contributed by atoms with Crippen LogP contribution in [0.15, 0.2) is 41.4 Å². The number of thiophene rings is 1. The molecule has 0 spiro atoms. The zero-order chi connectivity index (χ0) is 17.5. The van der Waals surface area contributed by atoms with Gasteiger partial charge in [-0.3, -0.25) is 14.6 Å². The smallest absolute Gasteiger partial charge is 0.254 e. The summed E-state index contributed by atoms with van der Waals surface area (Å²) in [5.74, 6) is -1.17. The zero-order valence-corrected chi connectivity index (χ0v) is 13.6. The lowest BCUT2D eigenvalue weighted by molar-refractivity contribution is -0.121. The molecule has 1 aromatic heterocycles. The summed E-state index contributed by atoms with van der Waals surface area (Å²) in [6.07, 6.45) is 4.66. The van der Waals surface area contributed by atoms with Gasteiger partial charge >= 0.3 is 0 Å². The van der Waals surface area contributed by atoms with E-state index in [0.717, 1.165) is 10.4 Å². The molecule has 6 nitrogen and oxygen atoms in total. The molecule has 0 fully saturated rings. The van der Waals surface area contributed by atoms with Crippen LogP contribution in [0.2, 0.25) is 0 Å². The fraction of sp³-hybridized carbons (Fsp3) is 0.118. The van der Waals surface area contributed by atoms with Crippen molar-refractivity contribution in [3.63, 3.8) is 0 Å². The monoisotopic (exact) mass is 341 g/mol. The van der Waals surface area contributed by atoms with Crippen LogP contribution in [0.3, 0.4) is 0 Å². The third kappa shape index (κ3) is 2.30. The Hall–Kier alpha value is -2.93. The molecule has 122 valence electrons. The van der Waals surface area contributed by atoms with Gasteiger partial charge < -0.3 is 16.6 Å². The Bertz CT molecular complexity index is 883. The van der Waals surface area contributed by atoms with Crippen molar-refractivity contribution >= 4 is 29.4 Å². The summed E-state index contributed by atoms with van der Waals surface area (Å²) in [7, 11) is 0. The lowest BCUT2D eigenvalue weighted by Gasteiger charge is -2.20. The molecule has 1 aromatic carbocycles.